The van der Waals surface area contributed by atoms with Crippen molar-refractivity contribution in [3.05, 3.63) is 100 Å². The summed E-state index contributed by atoms with van der Waals surface area (Å²) >= 11 is 0. The van der Waals surface area contributed by atoms with Gasteiger partial charge < -0.3 is 9.84 Å². The first-order valence-electron chi connectivity index (χ1n) is 10.2. The molecule has 33 heavy (non-hydrogen) atoms. The average Bonchev–Trinajstić information content (AvgIpc) is 3.04. The van der Waals surface area contributed by atoms with Gasteiger partial charge in [0.1, 0.15) is 23.1 Å². The van der Waals surface area contributed by atoms with E-state index in [2.05, 4.69) is 0 Å². The predicted molar refractivity (Wildman–Crippen MR) is 120 cm³/mol. The second-order valence-electron chi connectivity index (χ2n) is 7.86. The van der Waals surface area contributed by atoms with Crippen LogP contribution in [0.5, 0.6) is 5.75 Å². The minimum Gasteiger partial charge on any atom is -0.507 e. The van der Waals surface area contributed by atoms with Gasteiger partial charge in [-0.05, 0) is 55.3 Å². The molecule has 7 heteroatoms. The van der Waals surface area contributed by atoms with Crippen LogP contribution in [0.3, 0.4) is 0 Å². The van der Waals surface area contributed by atoms with E-state index in [0.29, 0.717) is 28.5 Å². The van der Waals surface area contributed by atoms with Crippen LogP contribution in [0.25, 0.3) is 5.76 Å². The molecule has 1 unspecified atom stereocenters. The second kappa shape index (κ2) is 8.50. The molecule has 0 spiro atoms. The second-order valence-corrected chi connectivity index (χ2v) is 7.86. The Bertz CT molecular complexity index is 1320. The molecule has 3 aromatic carbocycles. The number of rotatable bonds is 4. The molecule has 3 aromatic rings. The molecule has 0 saturated carbocycles. The number of benzene rings is 3. The number of methoxy groups -OCH3 is 1. The molecule has 1 N–H and O–H groups in total. The fourth-order valence-corrected chi connectivity index (χ4v) is 4.09. The summed E-state index contributed by atoms with van der Waals surface area (Å²) in [7, 11) is 1.51. The van der Waals surface area contributed by atoms with Gasteiger partial charge in [0, 0.05) is 11.6 Å². The van der Waals surface area contributed by atoms with Gasteiger partial charge in [0.2, 0.25) is 0 Å². The minimum atomic E-state index is -1.11. The number of amides is 1. The predicted octanol–water partition coefficient (Wildman–Crippen LogP) is 5.22. The molecule has 1 saturated heterocycles. The first kappa shape index (κ1) is 22.2. The van der Waals surface area contributed by atoms with Gasteiger partial charge in [-0.15, -0.1) is 0 Å². The van der Waals surface area contributed by atoms with Gasteiger partial charge in [-0.25, -0.2) is 8.78 Å². The lowest BCUT2D eigenvalue weighted by Crippen LogP contribution is -2.30. The molecule has 0 aliphatic carbocycles. The molecule has 1 atom stereocenters. The van der Waals surface area contributed by atoms with Crippen molar-refractivity contribution in [2.24, 2.45) is 0 Å². The number of ether oxygens (including phenoxy) is 1. The maximum atomic E-state index is 14.7. The fraction of sp³-hybridized carbons (Fsp3) is 0.154. The Morgan fingerprint density at radius 3 is 2.39 bits per heavy atom. The van der Waals surface area contributed by atoms with E-state index in [1.165, 1.54) is 7.11 Å². The number of carbonyl (C=O) groups excluding carboxylic acids is 2. The van der Waals surface area contributed by atoms with Gasteiger partial charge in [-0.1, -0.05) is 29.8 Å². The summed E-state index contributed by atoms with van der Waals surface area (Å²) in [5.74, 6) is -3.60. The Morgan fingerprint density at radius 2 is 1.76 bits per heavy atom. The van der Waals surface area contributed by atoms with Crippen LogP contribution in [0.1, 0.15) is 28.3 Å². The van der Waals surface area contributed by atoms with E-state index in [-0.39, 0.29) is 17.0 Å². The number of aliphatic hydroxyl groups is 1. The number of halogens is 2. The van der Waals surface area contributed by atoms with Crippen LogP contribution in [0.4, 0.5) is 14.5 Å². The van der Waals surface area contributed by atoms with Crippen molar-refractivity contribution >= 4 is 23.1 Å². The van der Waals surface area contributed by atoms with Gasteiger partial charge in [0.05, 0.1) is 24.4 Å². The summed E-state index contributed by atoms with van der Waals surface area (Å²) in [5, 5.41) is 11.2. The monoisotopic (exact) mass is 449 g/mol. The van der Waals surface area contributed by atoms with E-state index in [0.717, 1.165) is 22.6 Å². The van der Waals surface area contributed by atoms with Crippen molar-refractivity contribution in [2.75, 3.05) is 12.0 Å². The van der Waals surface area contributed by atoms with E-state index in [1.54, 1.807) is 43.3 Å². The first-order valence-corrected chi connectivity index (χ1v) is 10.2. The Kier molecular flexibility index (Phi) is 5.72. The van der Waals surface area contributed by atoms with Crippen molar-refractivity contribution in [3.63, 3.8) is 0 Å². The van der Waals surface area contributed by atoms with Crippen molar-refractivity contribution in [1.29, 1.82) is 0 Å². The highest BCUT2D eigenvalue weighted by molar-refractivity contribution is 6.51. The largest absolute Gasteiger partial charge is 0.507 e. The maximum absolute atomic E-state index is 14.7. The summed E-state index contributed by atoms with van der Waals surface area (Å²) in [6, 6.07) is 13.6. The molecule has 1 aliphatic rings. The normalized spacial score (nSPS) is 17.5. The fourth-order valence-electron chi connectivity index (χ4n) is 4.09. The standard InChI is InChI=1S/C26H21F2NO4/c1-14-5-4-6-16(11-14)23-22(24(30)19-9-8-18(33-3)12-15(19)2)25(31)26(32)29(23)21-10-7-17(27)13-20(21)28/h4-13,23,30H,1-3H3/b24-22+. The Balaban J connectivity index is 1.98. The number of ketones is 1. The summed E-state index contributed by atoms with van der Waals surface area (Å²) in [5.41, 5.74) is 1.88. The van der Waals surface area contributed by atoms with Crippen LogP contribution >= 0.6 is 0 Å². The summed E-state index contributed by atoms with van der Waals surface area (Å²) in [6.07, 6.45) is 0. The quantitative estimate of drug-likeness (QED) is 0.337. The van der Waals surface area contributed by atoms with E-state index < -0.39 is 29.4 Å². The molecule has 0 bridgehead atoms. The number of hydrogen-bond acceptors (Lipinski definition) is 4. The number of carbonyl (C=O) groups is 2. The van der Waals surface area contributed by atoms with E-state index in [9.17, 15) is 23.5 Å². The molecule has 1 aliphatic heterocycles. The topological polar surface area (TPSA) is 66.8 Å². The molecular formula is C26H21F2NO4. The van der Waals surface area contributed by atoms with Crippen LogP contribution < -0.4 is 9.64 Å². The highest BCUT2D eigenvalue weighted by Crippen LogP contribution is 2.43. The van der Waals surface area contributed by atoms with Crippen molar-refractivity contribution < 1.29 is 28.2 Å². The van der Waals surface area contributed by atoms with Gasteiger partial charge in [0.25, 0.3) is 11.7 Å². The summed E-state index contributed by atoms with van der Waals surface area (Å²) < 4.78 is 33.5. The third-order valence-electron chi connectivity index (χ3n) is 5.66. The van der Waals surface area contributed by atoms with Crippen LogP contribution in [0, 0.1) is 25.5 Å². The SMILES string of the molecule is COc1ccc(/C(O)=C2\C(=O)C(=O)N(c3ccc(F)cc3F)C2c2cccc(C)c2)c(C)c1. The molecule has 1 heterocycles. The van der Waals surface area contributed by atoms with E-state index >= 15 is 0 Å². The zero-order valence-corrected chi connectivity index (χ0v) is 18.2. The smallest absolute Gasteiger partial charge is 0.300 e. The molecule has 0 radical (unpaired) electrons. The summed E-state index contributed by atoms with van der Waals surface area (Å²) in [4.78, 5) is 27.2. The zero-order chi connectivity index (χ0) is 23.9. The maximum Gasteiger partial charge on any atom is 0.300 e. The third kappa shape index (κ3) is 3.86. The van der Waals surface area contributed by atoms with E-state index in [4.69, 9.17) is 4.74 Å². The van der Waals surface area contributed by atoms with E-state index in [1.807, 2.05) is 13.0 Å². The molecule has 4 rings (SSSR count). The number of nitrogens with zero attached hydrogens (tertiary/aromatic N) is 1. The molecule has 1 amide bonds. The minimum absolute atomic E-state index is 0.178. The summed E-state index contributed by atoms with van der Waals surface area (Å²) in [6.45, 7) is 3.57. The van der Waals surface area contributed by atoms with Crippen LogP contribution in [-0.2, 0) is 9.59 Å². The lowest BCUT2D eigenvalue weighted by Gasteiger charge is -2.26. The van der Waals surface area contributed by atoms with Gasteiger partial charge >= 0.3 is 0 Å². The Morgan fingerprint density at radius 1 is 1.00 bits per heavy atom. The number of Topliss-reactive ketones (excluding diaryl/α,β-unsaturated/α-hetero) is 1. The third-order valence-corrected chi connectivity index (χ3v) is 5.66. The molecule has 1 fully saturated rings. The molecule has 0 aromatic heterocycles. The highest BCUT2D eigenvalue weighted by atomic mass is 19.1. The van der Waals surface area contributed by atoms with Crippen LogP contribution in [-0.4, -0.2) is 23.9 Å². The van der Waals surface area contributed by atoms with Gasteiger partial charge in [0.15, 0.2) is 0 Å². The van der Waals surface area contributed by atoms with Crippen LogP contribution in [0.2, 0.25) is 0 Å². The lowest BCUT2D eigenvalue weighted by molar-refractivity contribution is -0.132. The molecular weight excluding hydrogens is 428 g/mol. The number of anilines is 1. The zero-order valence-electron chi connectivity index (χ0n) is 18.2. The van der Waals surface area contributed by atoms with Gasteiger partial charge in [-0.3, -0.25) is 14.5 Å². The van der Waals surface area contributed by atoms with Crippen LogP contribution in [0.15, 0.2) is 66.2 Å². The number of aryl methyl sites for hydroxylation is 2. The number of hydrogen-bond donors (Lipinski definition) is 1. The average molecular weight is 449 g/mol. The van der Waals surface area contributed by atoms with Crippen molar-refractivity contribution in [1.82, 2.24) is 0 Å². The molecule has 168 valence electrons. The number of aliphatic hydroxyl groups excluding tert-OH is 1. The lowest BCUT2D eigenvalue weighted by atomic mass is 9.93. The Hall–Kier alpha value is -4.00. The first-order chi connectivity index (χ1) is 15.7. The van der Waals surface area contributed by atoms with Gasteiger partial charge in [-0.2, -0.15) is 0 Å². The van der Waals surface area contributed by atoms with Crippen molar-refractivity contribution in [3.8, 4) is 5.75 Å². The highest BCUT2D eigenvalue weighted by Gasteiger charge is 2.47. The molecule has 5 nitrogen and oxygen atoms in total. The van der Waals surface area contributed by atoms with Crippen molar-refractivity contribution in [2.45, 2.75) is 19.9 Å². The Labute approximate surface area is 189 Å².